The van der Waals surface area contributed by atoms with Gasteiger partial charge in [-0.1, -0.05) is 0 Å². The van der Waals surface area contributed by atoms with Crippen molar-refractivity contribution in [2.45, 2.75) is 13.0 Å². The number of anilines is 1. The lowest BCUT2D eigenvalue weighted by molar-refractivity contribution is -0.144. The molecule has 0 aliphatic carbocycles. The van der Waals surface area contributed by atoms with Gasteiger partial charge in [-0.05, 0) is 6.42 Å². The molecule has 2 rings (SSSR count). The minimum absolute atomic E-state index is 0.0590. The zero-order valence-corrected chi connectivity index (χ0v) is 9.80. The molecule has 0 unspecified atom stereocenters. The number of nitrogens with two attached hydrogens (primary N) is 1. The van der Waals surface area contributed by atoms with Crippen LogP contribution in [0.2, 0.25) is 0 Å². The Morgan fingerprint density at radius 2 is 2.47 bits per heavy atom. The second-order valence-corrected chi connectivity index (χ2v) is 4.03. The van der Waals surface area contributed by atoms with Gasteiger partial charge in [0.25, 0.3) is 0 Å². The van der Waals surface area contributed by atoms with E-state index in [-0.39, 0.29) is 11.9 Å². The zero-order valence-electron chi connectivity index (χ0n) is 9.80. The van der Waals surface area contributed by atoms with Gasteiger partial charge in [-0.2, -0.15) is 0 Å². The van der Waals surface area contributed by atoms with Crippen molar-refractivity contribution in [1.82, 2.24) is 9.97 Å². The minimum Gasteiger partial charge on any atom is -0.469 e. The molecule has 0 spiro atoms. The van der Waals surface area contributed by atoms with Crippen LogP contribution in [0.1, 0.15) is 12.1 Å². The fraction of sp³-hybridized carbons (Fsp3) is 0.545. The van der Waals surface area contributed by atoms with Crippen molar-refractivity contribution < 1.29 is 9.53 Å². The summed E-state index contributed by atoms with van der Waals surface area (Å²) >= 11 is 0. The van der Waals surface area contributed by atoms with E-state index in [4.69, 9.17) is 10.5 Å². The number of hydrogen-bond acceptors (Lipinski definition) is 6. The van der Waals surface area contributed by atoms with Gasteiger partial charge in [-0.15, -0.1) is 0 Å². The van der Waals surface area contributed by atoms with Crippen LogP contribution in [0.3, 0.4) is 0 Å². The highest BCUT2D eigenvalue weighted by atomic mass is 16.5. The van der Waals surface area contributed by atoms with E-state index in [0.29, 0.717) is 13.1 Å². The summed E-state index contributed by atoms with van der Waals surface area (Å²) in [5.41, 5.74) is 6.33. The third kappa shape index (κ3) is 2.52. The number of nitrogens with zero attached hydrogens (tertiary/aromatic N) is 3. The van der Waals surface area contributed by atoms with Crippen molar-refractivity contribution in [2.75, 3.05) is 25.1 Å². The second-order valence-electron chi connectivity index (χ2n) is 4.03. The van der Waals surface area contributed by atoms with E-state index < -0.39 is 0 Å². The van der Waals surface area contributed by atoms with Gasteiger partial charge in [0.2, 0.25) is 0 Å². The first-order valence-corrected chi connectivity index (χ1v) is 5.58. The van der Waals surface area contributed by atoms with E-state index in [1.54, 1.807) is 0 Å². The molecule has 1 atom stereocenters. The molecule has 6 nitrogen and oxygen atoms in total. The third-order valence-corrected chi connectivity index (χ3v) is 2.97. The van der Waals surface area contributed by atoms with E-state index >= 15 is 0 Å². The van der Waals surface area contributed by atoms with Crippen molar-refractivity contribution in [3.8, 4) is 0 Å². The first kappa shape index (κ1) is 11.8. The fourth-order valence-corrected chi connectivity index (χ4v) is 2.00. The number of carbonyl (C=O) groups is 1. The molecule has 2 N–H and O–H groups in total. The Hall–Kier alpha value is -1.69. The monoisotopic (exact) mass is 236 g/mol. The molecule has 0 saturated carbocycles. The number of carbonyl (C=O) groups excluding carboxylic acids is 1. The van der Waals surface area contributed by atoms with Crippen LogP contribution in [0.4, 0.5) is 5.82 Å². The predicted octanol–water partition coefficient (Wildman–Crippen LogP) is -0.0654. The van der Waals surface area contributed by atoms with Crippen molar-refractivity contribution >= 4 is 11.8 Å². The van der Waals surface area contributed by atoms with Gasteiger partial charge in [0.05, 0.1) is 18.7 Å². The molecule has 1 aliphatic heterocycles. The van der Waals surface area contributed by atoms with Crippen molar-refractivity contribution in [3.05, 3.63) is 18.1 Å². The number of ether oxygens (including phenoxy) is 1. The Labute approximate surface area is 99.8 Å². The van der Waals surface area contributed by atoms with E-state index in [2.05, 4.69) is 14.9 Å². The maximum absolute atomic E-state index is 11.4. The molecule has 1 aromatic rings. The molecule has 92 valence electrons. The zero-order chi connectivity index (χ0) is 12.3. The topological polar surface area (TPSA) is 81.3 Å². The summed E-state index contributed by atoms with van der Waals surface area (Å²) in [7, 11) is 1.42. The van der Waals surface area contributed by atoms with Crippen molar-refractivity contribution in [1.29, 1.82) is 0 Å². The van der Waals surface area contributed by atoms with Crippen molar-refractivity contribution in [3.63, 3.8) is 0 Å². The van der Waals surface area contributed by atoms with Crippen LogP contribution in [0.15, 0.2) is 12.4 Å². The molecule has 1 aliphatic rings. The highest BCUT2D eigenvalue weighted by Gasteiger charge is 2.29. The van der Waals surface area contributed by atoms with Crippen LogP contribution in [0, 0.1) is 5.92 Å². The van der Waals surface area contributed by atoms with E-state index in [1.807, 2.05) is 6.07 Å². The van der Waals surface area contributed by atoms with Gasteiger partial charge in [0, 0.05) is 25.7 Å². The number of hydrogen-bond donors (Lipinski definition) is 1. The summed E-state index contributed by atoms with van der Waals surface area (Å²) in [6, 6.07) is 1.86. The van der Waals surface area contributed by atoms with Crippen LogP contribution < -0.4 is 10.6 Å². The Balaban J connectivity index is 2.07. The minimum atomic E-state index is -0.152. The molecular weight excluding hydrogens is 220 g/mol. The second kappa shape index (κ2) is 5.09. The predicted molar refractivity (Wildman–Crippen MR) is 62.3 cm³/mol. The smallest absolute Gasteiger partial charge is 0.310 e. The van der Waals surface area contributed by atoms with Gasteiger partial charge >= 0.3 is 5.97 Å². The summed E-state index contributed by atoms with van der Waals surface area (Å²) in [6.45, 7) is 1.85. The number of rotatable bonds is 3. The van der Waals surface area contributed by atoms with E-state index in [1.165, 1.54) is 13.4 Å². The summed E-state index contributed by atoms with van der Waals surface area (Å²) in [4.78, 5) is 21.7. The Morgan fingerprint density at radius 1 is 1.65 bits per heavy atom. The van der Waals surface area contributed by atoms with E-state index in [0.717, 1.165) is 24.5 Å². The molecule has 0 radical (unpaired) electrons. The Kier molecular flexibility index (Phi) is 3.53. The SMILES string of the molecule is COC(=O)[C@@H]1CCN(c2cc(CN)ncn2)C1. The van der Waals surface area contributed by atoms with Crippen LogP contribution in [0.5, 0.6) is 0 Å². The summed E-state index contributed by atoms with van der Waals surface area (Å²) in [5, 5.41) is 0. The molecule has 0 bridgehead atoms. The van der Waals surface area contributed by atoms with Crippen LogP contribution >= 0.6 is 0 Å². The fourth-order valence-electron chi connectivity index (χ4n) is 2.00. The van der Waals surface area contributed by atoms with E-state index in [9.17, 15) is 4.79 Å². The number of methoxy groups -OCH3 is 1. The molecule has 1 fully saturated rings. The van der Waals surface area contributed by atoms with Crippen LogP contribution in [0.25, 0.3) is 0 Å². The largest absolute Gasteiger partial charge is 0.469 e. The highest BCUT2D eigenvalue weighted by Crippen LogP contribution is 2.22. The molecular formula is C11H16N4O2. The van der Waals surface area contributed by atoms with Crippen molar-refractivity contribution in [2.24, 2.45) is 11.7 Å². The molecule has 0 aromatic carbocycles. The van der Waals surface area contributed by atoms with Gasteiger partial charge in [0.1, 0.15) is 12.1 Å². The molecule has 17 heavy (non-hydrogen) atoms. The van der Waals surface area contributed by atoms with Gasteiger partial charge < -0.3 is 15.4 Å². The standard InChI is InChI=1S/C11H16N4O2/c1-17-11(16)8-2-3-15(6-8)10-4-9(5-12)13-7-14-10/h4,7-8H,2-3,5-6,12H2,1H3/t8-/m1/s1. The van der Waals surface area contributed by atoms with Gasteiger partial charge in [-0.25, -0.2) is 9.97 Å². The quantitative estimate of drug-likeness (QED) is 0.740. The number of aromatic nitrogens is 2. The maximum atomic E-state index is 11.4. The van der Waals surface area contributed by atoms with Gasteiger partial charge in [0.15, 0.2) is 0 Å². The molecule has 6 heteroatoms. The van der Waals surface area contributed by atoms with Crippen LogP contribution in [-0.2, 0) is 16.1 Å². The molecule has 0 amide bonds. The normalized spacial score (nSPS) is 19.4. The Morgan fingerprint density at radius 3 is 3.18 bits per heavy atom. The molecule has 1 aromatic heterocycles. The lowest BCUT2D eigenvalue weighted by Gasteiger charge is -2.17. The first-order valence-electron chi connectivity index (χ1n) is 5.58. The van der Waals surface area contributed by atoms with Crippen LogP contribution in [-0.4, -0.2) is 36.1 Å². The third-order valence-electron chi connectivity index (χ3n) is 2.97. The average molecular weight is 236 g/mol. The highest BCUT2D eigenvalue weighted by molar-refractivity contribution is 5.74. The lowest BCUT2D eigenvalue weighted by atomic mass is 10.1. The molecule has 2 heterocycles. The molecule has 1 saturated heterocycles. The summed E-state index contributed by atoms with van der Waals surface area (Å²) in [6.07, 6.45) is 2.30. The lowest BCUT2D eigenvalue weighted by Crippen LogP contribution is -2.24. The summed E-state index contributed by atoms with van der Waals surface area (Å²) < 4.78 is 4.74. The average Bonchev–Trinajstić information content (AvgIpc) is 2.87. The maximum Gasteiger partial charge on any atom is 0.310 e. The Bertz CT molecular complexity index is 410. The summed E-state index contributed by atoms with van der Waals surface area (Å²) in [5.74, 6) is 0.615. The first-order chi connectivity index (χ1) is 8.24. The number of esters is 1. The van der Waals surface area contributed by atoms with Gasteiger partial charge in [-0.3, -0.25) is 4.79 Å².